The predicted octanol–water partition coefficient (Wildman–Crippen LogP) is 3.25. The van der Waals surface area contributed by atoms with Gasteiger partial charge in [-0.2, -0.15) is 5.26 Å². The summed E-state index contributed by atoms with van der Waals surface area (Å²) < 4.78 is 0. The number of amides is 5. The lowest BCUT2D eigenvalue weighted by atomic mass is 10.1. The van der Waals surface area contributed by atoms with Crippen molar-refractivity contribution < 1.29 is 19.3 Å². The highest BCUT2D eigenvalue weighted by molar-refractivity contribution is 6.33. The number of carbonyl (C=O) groups excluding carboxylic acids is 3. The van der Waals surface area contributed by atoms with Gasteiger partial charge in [0, 0.05) is 24.4 Å². The Labute approximate surface area is 198 Å². The highest BCUT2D eigenvalue weighted by Crippen LogP contribution is 2.43. The number of nitro groups is 1. The van der Waals surface area contributed by atoms with Crippen LogP contribution in [0, 0.1) is 28.4 Å². The minimum Gasteiger partial charge on any atom is -0.317 e. The Morgan fingerprint density at radius 3 is 2.76 bits per heavy atom. The molecule has 34 heavy (non-hydrogen) atoms. The summed E-state index contributed by atoms with van der Waals surface area (Å²) >= 11 is 6.25. The molecule has 3 heterocycles. The number of halogens is 1. The number of non-ortho nitro benzene ring substituents is 1. The van der Waals surface area contributed by atoms with Gasteiger partial charge in [-0.1, -0.05) is 17.7 Å². The van der Waals surface area contributed by atoms with Crippen LogP contribution in [0.15, 0.2) is 36.4 Å². The molecule has 0 aromatic heterocycles. The quantitative estimate of drug-likeness (QED) is 0.406. The van der Waals surface area contributed by atoms with Crippen LogP contribution in [0.4, 0.5) is 26.7 Å². The molecular weight excluding hydrogens is 464 g/mol. The van der Waals surface area contributed by atoms with Crippen LogP contribution in [0.1, 0.15) is 17.5 Å². The van der Waals surface area contributed by atoms with Crippen LogP contribution in [0.5, 0.6) is 0 Å². The number of nitrogens with zero attached hydrogens (tertiary/aromatic N) is 5. The van der Waals surface area contributed by atoms with Gasteiger partial charge in [0.1, 0.15) is 12.1 Å². The molecule has 3 aliphatic heterocycles. The van der Waals surface area contributed by atoms with E-state index in [0.29, 0.717) is 17.7 Å². The fourth-order valence-corrected chi connectivity index (χ4v) is 5.21. The summed E-state index contributed by atoms with van der Waals surface area (Å²) in [5, 5.41) is 23.0. The van der Waals surface area contributed by atoms with Gasteiger partial charge in [0.25, 0.3) is 11.6 Å². The normalized spacial score (nSPS) is 22.7. The molecule has 2 aromatic rings. The average Bonchev–Trinajstić information content (AvgIpc) is 3.48. The maximum Gasteiger partial charge on any atom is 0.332 e. The Morgan fingerprint density at radius 1 is 1.29 bits per heavy atom. The lowest BCUT2D eigenvalue weighted by Crippen LogP contribution is -2.55. The first-order valence-corrected chi connectivity index (χ1v) is 10.8. The molecule has 5 amide bonds. The van der Waals surface area contributed by atoms with Gasteiger partial charge in [0.2, 0.25) is 0 Å². The van der Waals surface area contributed by atoms with Crippen molar-refractivity contribution in [2.45, 2.75) is 31.5 Å². The lowest BCUT2D eigenvalue weighted by Gasteiger charge is -2.34. The number of likely N-dealkylation sites (tertiary alicyclic amines) is 1. The Balaban J connectivity index is 1.39. The van der Waals surface area contributed by atoms with Crippen molar-refractivity contribution in [3.63, 3.8) is 0 Å². The number of piperazine rings is 1. The number of fused-ring (bicyclic) bond motifs is 5. The molecular formula is C22H17ClN6O5. The number of benzene rings is 2. The molecule has 12 heteroatoms. The van der Waals surface area contributed by atoms with Crippen LogP contribution in [0.25, 0.3) is 0 Å². The summed E-state index contributed by atoms with van der Waals surface area (Å²) in [7, 11) is 0. The van der Waals surface area contributed by atoms with E-state index in [1.165, 1.54) is 46.2 Å². The first-order chi connectivity index (χ1) is 16.2. The van der Waals surface area contributed by atoms with E-state index < -0.39 is 35.0 Å². The number of nitriles is 1. The van der Waals surface area contributed by atoms with Crippen molar-refractivity contribution in [1.29, 1.82) is 5.26 Å². The molecule has 0 saturated carbocycles. The maximum atomic E-state index is 13.4. The molecule has 11 nitrogen and oxygen atoms in total. The first kappa shape index (κ1) is 21.7. The maximum absolute atomic E-state index is 13.4. The summed E-state index contributed by atoms with van der Waals surface area (Å²) in [6.45, 7) is 1.87. The van der Waals surface area contributed by atoms with Gasteiger partial charge in [-0.15, -0.1) is 0 Å². The second-order valence-corrected chi connectivity index (χ2v) is 8.72. The number of carbonyl (C=O) groups is 3. The third kappa shape index (κ3) is 3.07. The van der Waals surface area contributed by atoms with Crippen LogP contribution in [-0.2, 0) is 4.79 Å². The van der Waals surface area contributed by atoms with Crippen molar-refractivity contribution in [3.05, 3.63) is 62.7 Å². The SMILES string of the molecule is Cc1c(N2C(=O)[C@H]3C4CC(CN4C(=O)Nc4cccc([N+](=O)[O-])c4)N3C2=O)ccc(C#N)c1Cl. The summed E-state index contributed by atoms with van der Waals surface area (Å²) in [5.74, 6) is -0.464. The fraction of sp³-hybridized carbons (Fsp3) is 0.273. The van der Waals surface area contributed by atoms with Crippen LogP contribution in [-0.4, -0.2) is 57.4 Å². The molecule has 3 aliphatic rings. The summed E-state index contributed by atoms with van der Waals surface area (Å²) in [6.07, 6.45) is 0.464. The molecule has 2 unspecified atom stereocenters. The van der Waals surface area contributed by atoms with E-state index in [1.807, 2.05) is 6.07 Å². The lowest BCUT2D eigenvalue weighted by molar-refractivity contribution is -0.384. The van der Waals surface area contributed by atoms with Crippen molar-refractivity contribution in [1.82, 2.24) is 9.80 Å². The van der Waals surface area contributed by atoms with E-state index in [0.717, 1.165) is 4.90 Å². The van der Waals surface area contributed by atoms with Crippen molar-refractivity contribution in [2.75, 3.05) is 16.8 Å². The zero-order chi connectivity index (χ0) is 24.3. The van der Waals surface area contributed by atoms with Gasteiger partial charge in [0.15, 0.2) is 0 Å². The van der Waals surface area contributed by atoms with Crippen LogP contribution < -0.4 is 10.2 Å². The second-order valence-electron chi connectivity index (χ2n) is 8.34. The largest absolute Gasteiger partial charge is 0.332 e. The summed E-state index contributed by atoms with van der Waals surface area (Å²) in [6, 6.07) is 7.85. The number of urea groups is 2. The monoisotopic (exact) mass is 480 g/mol. The van der Waals surface area contributed by atoms with E-state index >= 15 is 0 Å². The predicted molar refractivity (Wildman–Crippen MR) is 120 cm³/mol. The minimum absolute atomic E-state index is 0.157. The third-order valence-electron chi connectivity index (χ3n) is 6.55. The molecule has 0 aliphatic carbocycles. The van der Waals surface area contributed by atoms with Crippen molar-refractivity contribution >= 4 is 46.6 Å². The Morgan fingerprint density at radius 2 is 2.06 bits per heavy atom. The number of nitro benzene ring substituents is 1. The molecule has 1 N–H and O–H groups in total. The van der Waals surface area contributed by atoms with Crippen molar-refractivity contribution in [3.8, 4) is 6.07 Å². The number of rotatable bonds is 3. The molecule has 0 radical (unpaired) electrons. The third-order valence-corrected chi connectivity index (χ3v) is 7.04. The second kappa shape index (κ2) is 7.71. The zero-order valence-electron chi connectivity index (χ0n) is 17.8. The first-order valence-electron chi connectivity index (χ1n) is 10.4. The Bertz CT molecular complexity index is 1320. The highest BCUT2D eigenvalue weighted by atomic mass is 35.5. The number of hydrogen-bond acceptors (Lipinski definition) is 6. The van der Waals surface area contributed by atoms with Crippen LogP contribution in [0.3, 0.4) is 0 Å². The molecule has 5 rings (SSSR count). The van der Waals surface area contributed by atoms with E-state index in [4.69, 9.17) is 11.6 Å². The van der Waals surface area contributed by atoms with E-state index in [2.05, 4.69) is 5.32 Å². The van der Waals surface area contributed by atoms with E-state index in [9.17, 15) is 29.8 Å². The molecule has 172 valence electrons. The standard InChI is InChI=1S/C22H17ClN6O5/c1-11-16(6-5-12(9-24)18(11)23)28-20(30)19-17-8-15(27(19)22(28)32)10-26(17)21(31)25-13-3-2-4-14(7-13)29(33)34/h2-7,15,17,19H,8,10H2,1H3,(H,25,31)/t15?,17?,19-/m1/s1. The van der Waals surface area contributed by atoms with E-state index in [-0.39, 0.29) is 34.5 Å². The Kier molecular flexibility index (Phi) is 4.91. The van der Waals surface area contributed by atoms with Gasteiger partial charge in [-0.05, 0) is 37.1 Å². The number of anilines is 2. The summed E-state index contributed by atoms with van der Waals surface area (Å²) in [5.41, 5.74) is 1.09. The van der Waals surface area contributed by atoms with Gasteiger partial charge in [-0.3, -0.25) is 14.9 Å². The summed E-state index contributed by atoms with van der Waals surface area (Å²) in [4.78, 5) is 54.1. The molecule has 3 fully saturated rings. The van der Waals surface area contributed by atoms with Gasteiger partial charge >= 0.3 is 12.1 Å². The van der Waals surface area contributed by atoms with Crippen LogP contribution in [0.2, 0.25) is 5.02 Å². The zero-order valence-corrected chi connectivity index (χ0v) is 18.5. The van der Waals surface area contributed by atoms with E-state index in [1.54, 1.807) is 6.92 Å². The number of nitrogens with one attached hydrogen (secondary N) is 1. The molecule has 2 bridgehead atoms. The topological polar surface area (TPSA) is 140 Å². The van der Waals surface area contributed by atoms with Crippen LogP contribution >= 0.6 is 11.6 Å². The van der Waals surface area contributed by atoms with Gasteiger partial charge in [0.05, 0.1) is 33.3 Å². The molecule has 0 spiro atoms. The fourth-order valence-electron chi connectivity index (χ4n) is 5.01. The molecule has 2 aromatic carbocycles. The van der Waals surface area contributed by atoms with Gasteiger partial charge in [-0.25, -0.2) is 14.5 Å². The minimum atomic E-state index is -0.837. The average molecular weight is 481 g/mol. The molecule has 3 atom stereocenters. The number of imide groups is 1. The molecule has 3 saturated heterocycles. The highest BCUT2D eigenvalue weighted by Gasteiger charge is 2.63. The van der Waals surface area contributed by atoms with Gasteiger partial charge < -0.3 is 15.1 Å². The van der Waals surface area contributed by atoms with Crippen molar-refractivity contribution in [2.24, 2.45) is 0 Å². The Hall–Kier alpha value is -4.17. The smallest absolute Gasteiger partial charge is 0.317 e. The number of hydrogen-bond donors (Lipinski definition) is 1.